The van der Waals surface area contributed by atoms with E-state index in [0.29, 0.717) is 31.3 Å². The Kier molecular flexibility index (Phi) is 7.86. The van der Waals surface area contributed by atoms with Gasteiger partial charge in [0.05, 0.1) is 5.25 Å². The lowest BCUT2D eigenvalue weighted by Crippen LogP contribution is -2.35. The van der Waals surface area contributed by atoms with E-state index in [1.165, 1.54) is 11.8 Å². The molecule has 0 spiro atoms. The number of methoxy groups -OCH3 is 1. The van der Waals surface area contributed by atoms with Crippen LogP contribution in [0.25, 0.3) is 0 Å². The van der Waals surface area contributed by atoms with Gasteiger partial charge < -0.3 is 10.1 Å². The van der Waals surface area contributed by atoms with Crippen molar-refractivity contribution in [3.63, 3.8) is 0 Å². The number of amides is 1. The van der Waals surface area contributed by atoms with Crippen LogP contribution in [0.3, 0.4) is 0 Å². The minimum Gasteiger partial charge on any atom is -0.385 e. The Morgan fingerprint density at radius 3 is 2.92 bits per heavy atom. The molecule has 0 aliphatic rings. The highest BCUT2D eigenvalue weighted by Crippen LogP contribution is 2.26. The fourth-order valence-electron chi connectivity index (χ4n) is 2.36. The van der Waals surface area contributed by atoms with E-state index in [1.807, 2.05) is 26.0 Å². The van der Waals surface area contributed by atoms with Gasteiger partial charge in [0.2, 0.25) is 5.91 Å². The molecule has 0 aromatic carbocycles. The van der Waals surface area contributed by atoms with Crippen molar-refractivity contribution in [3.05, 3.63) is 40.6 Å². The molecule has 2 aromatic heterocycles. The largest absolute Gasteiger partial charge is 0.385 e. The van der Waals surface area contributed by atoms with Gasteiger partial charge in [-0.1, -0.05) is 31.7 Å². The molecule has 0 fully saturated rings. The Bertz CT molecular complexity index is 744. The van der Waals surface area contributed by atoms with Crippen LogP contribution in [-0.2, 0) is 22.6 Å². The van der Waals surface area contributed by atoms with Gasteiger partial charge in [0.25, 0.3) is 0 Å². The van der Waals surface area contributed by atoms with Crippen molar-refractivity contribution in [2.24, 2.45) is 5.92 Å². The van der Waals surface area contributed by atoms with E-state index >= 15 is 0 Å². The van der Waals surface area contributed by atoms with Crippen LogP contribution >= 0.6 is 11.8 Å². The van der Waals surface area contributed by atoms with Gasteiger partial charge in [-0.15, -0.1) is 5.10 Å². The Balaban J connectivity index is 2.03. The Labute approximate surface area is 156 Å². The topological polar surface area (TPSA) is 102 Å². The zero-order valence-electron chi connectivity index (χ0n) is 15.3. The lowest BCUT2D eigenvalue weighted by Gasteiger charge is -2.19. The summed E-state index contributed by atoms with van der Waals surface area (Å²) in [5.74, 6) is -0.0131. The fourth-order valence-corrected chi connectivity index (χ4v) is 3.45. The van der Waals surface area contributed by atoms with Crippen LogP contribution in [0.15, 0.2) is 34.5 Å². The van der Waals surface area contributed by atoms with Gasteiger partial charge in [0, 0.05) is 39.2 Å². The second-order valence-corrected chi connectivity index (χ2v) is 7.28. The number of nitrogens with zero attached hydrogens (tertiary/aromatic N) is 3. The van der Waals surface area contributed by atoms with E-state index in [-0.39, 0.29) is 22.8 Å². The van der Waals surface area contributed by atoms with Gasteiger partial charge in [-0.2, -0.15) is 0 Å². The number of carbonyl (C=O) groups is 1. The number of thioether (sulfide) groups is 1. The standard InChI is InChI=1S/C17H25N5O3S/c1-12(2)14(15(23)19-11-13-6-4-7-18-10-13)26-17-21-20-16(24)22(17)8-5-9-25-3/h4,6-7,10,12,14H,5,8-9,11H2,1-3H3,(H,19,23)(H,20,24). The average molecular weight is 379 g/mol. The van der Waals surface area contributed by atoms with Crippen molar-refractivity contribution in [3.8, 4) is 0 Å². The van der Waals surface area contributed by atoms with E-state index in [4.69, 9.17) is 4.74 Å². The summed E-state index contributed by atoms with van der Waals surface area (Å²) in [7, 11) is 1.62. The number of rotatable bonds is 10. The number of aromatic nitrogens is 4. The van der Waals surface area contributed by atoms with Crippen LogP contribution in [0.1, 0.15) is 25.8 Å². The lowest BCUT2D eigenvalue weighted by molar-refractivity contribution is -0.121. The predicted molar refractivity (Wildman–Crippen MR) is 99.9 cm³/mol. The zero-order valence-corrected chi connectivity index (χ0v) is 16.1. The maximum absolute atomic E-state index is 12.6. The molecule has 2 rings (SSSR count). The smallest absolute Gasteiger partial charge is 0.343 e. The van der Waals surface area contributed by atoms with E-state index in [1.54, 1.807) is 24.1 Å². The minimum atomic E-state index is -0.358. The van der Waals surface area contributed by atoms with Gasteiger partial charge in [-0.3, -0.25) is 14.3 Å². The molecule has 2 N–H and O–H groups in total. The number of aromatic amines is 1. The maximum atomic E-state index is 12.6. The van der Waals surface area contributed by atoms with Crippen molar-refractivity contribution in [2.45, 2.75) is 43.8 Å². The first kappa shape index (κ1) is 20.2. The molecule has 1 atom stereocenters. The fraction of sp³-hybridized carbons (Fsp3) is 0.529. The summed E-state index contributed by atoms with van der Waals surface area (Å²) < 4.78 is 6.58. The summed E-state index contributed by atoms with van der Waals surface area (Å²) in [4.78, 5) is 28.6. The van der Waals surface area contributed by atoms with E-state index in [0.717, 1.165) is 5.56 Å². The molecule has 0 bridgehead atoms. The third-order valence-electron chi connectivity index (χ3n) is 3.74. The van der Waals surface area contributed by atoms with Crippen LogP contribution in [0.5, 0.6) is 0 Å². The summed E-state index contributed by atoms with van der Waals surface area (Å²) in [6.07, 6.45) is 4.11. The van der Waals surface area contributed by atoms with Gasteiger partial charge in [-0.25, -0.2) is 9.89 Å². The van der Waals surface area contributed by atoms with Crippen LogP contribution in [0, 0.1) is 5.92 Å². The van der Waals surface area contributed by atoms with E-state index in [9.17, 15) is 9.59 Å². The molecule has 0 saturated carbocycles. The molecular formula is C17H25N5O3S. The van der Waals surface area contributed by atoms with Crippen LogP contribution in [-0.4, -0.2) is 44.6 Å². The van der Waals surface area contributed by atoms with Crippen LogP contribution in [0.4, 0.5) is 0 Å². The third-order valence-corrected chi connectivity index (χ3v) is 5.27. The number of H-pyrrole nitrogens is 1. The molecule has 1 unspecified atom stereocenters. The number of nitrogens with one attached hydrogen (secondary N) is 2. The Morgan fingerprint density at radius 1 is 1.46 bits per heavy atom. The first-order chi connectivity index (χ1) is 12.5. The van der Waals surface area contributed by atoms with Gasteiger partial charge in [-0.05, 0) is 24.0 Å². The molecule has 2 aromatic rings. The van der Waals surface area contributed by atoms with E-state index in [2.05, 4.69) is 20.5 Å². The zero-order chi connectivity index (χ0) is 18.9. The highest BCUT2D eigenvalue weighted by atomic mass is 32.2. The molecule has 2 heterocycles. The molecule has 9 heteroatoms. The molecule has 26 heavy (non-hydrogen) atoms. The summed E-state index contributed by atoms with van der Waals surface area (Å²) in [6, 6.07) is 3.74. The third kappa shape index (κ3) is 5.70. The summed E-state index contributed by atoms with van der Waals surface area (Å²) >= 11 is 1.30. The van der Waals surface area contributed by atoms with E-state index < -0.39 is 0 Å². The van der Waals surface area contributed by atoms with Crippen molar-refractivity contribution in [1.82, 2.24) is 25.1 Å². The highest BCUT2D eigenvalue weighted by molar-refractivity contribution is 8.00. The summed E-state index contributed by atoms with van der Waals surface area (Å²) in [6.45, 7) is 5.41. The molecule has 142 valence electrons. The molecule has 0 saturated heterocycles. The number of ether oxygens (including phenoxy) is 1. The van der Waals surface area contributed by atoms with Crippen molar-refractivity contribution in [2.75, 3.05) is 13.7 Å². The van der Waals surface area contributed by atoms with Gasteiger partial charge in [0.1, 0.15) is 0 Å². The lowest BCUT2D eigenvalue weighted by atomic mass is 10.1. The number of hydrogen-bond donors (Lipinski definition) is 2. The SMILES string of the molecule is COCCCn1c(SC(C(=O)NCc2cccnc2)C(C)C)n[nH]c1=O. The quantitative estimate of drug-likeness (QED) is 0.478. The highest BCUT2D eigenvalue weighted by Gasteiger charge is 2.26. The van der Waals surface area contributed by atoms with Crippen molar-refractivity contribution in [1.29, 1.82) is 0 Å². The van der Waals surface area contributed by atoms with Gasteiger partial charge >= 0.3 is 5.69 Å². The molecule has 0 aliphatic heterocycles. The normalized spacial score (nSPS) is 12.3. The maximum Gasteiger partial charge on any atom is 0.343 e. The van der Waals surface area contributed by atoms with Gasteiger partial charge in [0.15, 0.2) is 5.16 Å². The summed E-state index contributed by atoms with van der Waals surface area (Å²) in [5.41, 5.74) is 0.659. The minimum absolute atomic E-state index is 0.0770. The average Bonchev–Trinajstić information content (AvgIpc) is 2.98. The molecule has 8 nitrogen and oxygen atoms in total. The van der Waals surface area contributed by atoms with Crippen LogP contribution in [0.2, 0.25) is 0 Å². The molecule has 1 amide bonds. The Morgan fingerprint density at radius 2 is 2.27 bits per heavy atom. The molecule has 0 aliphatic carbocycles. The number of hydrogen-bond acceptors (Lipinski definition) is 6. The summed E-state index contributed by atoms with van der Waals surface area (Å²) in [5, 5.41) is 9.63. The van der Waals surface area contributed by atoms with Crippen molar-refractivity contribution < 1.29 is 9.53 Å². The first-order valence-electron chi connectivity index (χ1n) is 8.50. The number of carbonyl (C=O) groups excluding carboxylic acids is 1. The second-order valence-electron chi connectivity index (χ2n) is 6.17. The molecular weight excluding hydrogens is 354 g/mol. The molecule has 0 radical (unpaired) electrons. The van der Waals surface area contributed by atoms with Crippen molar-refractivity contribution >= 4 is 17.7 Å². The second kappa shape index (κ2) is 10.1. The Hall–Kier alpha value is -2.13. The predicted octanol–water partition coefficient (Wildman–Crippen LogP) is 1.44. The number of pyridine rings is 1. The van der Waals surface area contributed by atoms with Crippen LogP contribution < -0.4 is 11.0 Å². The monoisotopic (exact) mass is 379 g/mol. The first-order valence-corrected chi connectivity index (χ1v) is 9.38.